The second kappa shape index (κ2) is 5.44. The first kappa shape index (κ1) is 13.2. The number of nitrogens with zero attached hydrogens (tertiary/aromatic N) is 1. The van der Waals surface area contributed by atoms with Crippen LogP contribution in [0.15, 0.2) is 4.52 Å². The van der Waals surface area contributed by atoms with Crippen LogP contribution in [0.25, 0.3) is 0 Å². The highest BCUT2D eigenvalue weighted by atomic mass is 16.5. The summed E-state index contributed by atoms with van der Waals surface area (Å²) >= 11 is 0. The van der Waals surface area contributed by atoms with Crippen molar-refractivity contribution >= 4 is 11.9 Å². The Morgan fingerprint density at radius 3 is 2.59 bits per heavy atom. The molecule has 1 amide bonds. The Bertz CT molecular complexity index is 407. The van der Waals surface area contributed by atoms with Gasteiger partial charge in [0.2, 0.25) is 0 Å². The van der Waals surface area contributed by atoms with Crippen molar-refractivity contribution in [2.45, 2.75) is 20.0 Å². The highest BCUT2D eigenvalue weighted by Crippen LogP contribution is 2.11. The summed E-state index contributed by atoms with van der Waals surface area (Å²) < 4.78 is 9.53. The molecule has 0 radical (unpaired) electrons. The number of rotatable bonds is 5. The summed E-state index contributed by atoms with van der Waals surface area (Å²) in [6, 6.07) is 0. The molecule has 0 saturated carbocycles. The molecule has 0 saturated heterocycles. The van der Waals surface area contributed by atoms with Crippen LogP contribution in [0, 0.1) is 13.8 Å². The highest BCUT2D eigenvalue weighted by Gasteiger charge is 2.21. The molecule has 1 aromatic rings. The topological polar surface area (TPSA) is 102 Å². The molecule has 1 unspecified atom stereocenters. The second-order valence-electron chi connectivity index (χ2n) is 3.47. The van der Waals surface area contributed by atoms with Crippen molar-refractivity contribution < 1.29 is 24.0 Å². The number of ether oxygens (including phenoxy) is 1. The molecular weight excluding hydrogens is 228 g/mol. The van der Waals surface area contributed by atoms with E-state index in [-0.39, 0.29) is 6.54 Å². The van der Waals surface area contributed by atoms with Crippen molar-refractivity contribution in [3.05, 3.63) is 17.0 Å². The summed E-state index contributed by atoms with van der Waals surface area (Å²) in [5.74, 6) is -1.17. The van der Waals surface area contributed by atoms with Gasteiger partial charge >= 0.3 is 5.97 Å². The molecule has 0 spiro atoms. The summed E-state index contributed by atoms with van der Waals surface area (Å²) in [5, 5.41) is 14.8. The minimum absolute atomic E-state index is 0.116. The van der Waals surface area contributed by atoms with Crippen LogP contribution in [0.3, 0.4) is 0 Å². The first-order valence-electron chi connectivity index (χ1n) is 4.94. The Kier molecular flexibility index (Phi) is 4.22. The van der Waals surface area contributed by atoms with Gasteiger partial charge in [-0.3, -0.25) is 4.79 Å². The van der Waals surface area contributed by atoms with Crippen LogP contribution in [0.5, 0.6) is 0 Å². The predicted molar refractivity (Wildman–Crippen MR) is 56.7 cm³/mol. The molecule has 7 nitrogen and oxygen atoms in total. The number of carbonyl (C=O) groups excluding carboxylic acids is 1. The van der Waals surface area contributed by atoms with Gasteiger partial charge in [0.05, 0.1) is 12.2 Å². The van der Waals surface area contributed by atoms with Crippen LogP contribution >= 0.6 is 0 Å². The molecule has 0 bridgehead atoms. The molecule has 1 atom stereocenters. The van der Waals surface area contributed by atoms with Crippen LogP contribution in [0.2, 0.25) is 0 Å². The Morgan fingerprint density at radius 1 is 1.53 bits per heavy atom. The number of aliphatic carboxylic acids is 1. The van der Waals surface area contributed by atoms with Crippen molar-refractivity contribution in [3.8, 4) is 0 Å². The van der Waals surface area contributed by atoms with Crippen LogP contribution in [-0.4, -0.2) is 41.9 Å². The lowest BCUT2D eigenvalue weighted by molar-refractivity contribution is -0.147. The maximum atomic E-state index is 11.7. The van der Waals surface area contributed by atoms with Crippen molar-refractivity contribution in [2.24, 2.45) is 0 Å². The molecule has 1 aromatic heterocycles. The summed E-state index contributed by atoms with van der Waals surface area (Å²) in [6.45, 7) is 3.13. The molecule has 2 N–H and O–H groups in total. The van der Waals surface area contributed by atoms with Crippen molar-refractivity contribution in [1.82, 2.24) is 10.5 Å². The zero-order chi connectivity index (χ0) is 13.0. The maximum absolute atomic E-state index is 11.7. The van der Waals surface area contributed by atoms with E-state index >= 15 is 0 Å². The van der Waals surface area contributed by atoms with Gasteiger partial charge in [0.25, 0.3) is 5.91 Å². The molecule has 94 valence electrons. The molecule has 1 heterocycles. The number of aromatic nitrogens is 1. The summed E-state index contributed by atoms with van der Waals surface area (Å²) in [4.78, 5) is 22.4. The quantitative estimate of drug-likeness (QED) is 0.760. The van der Waals surface area contributed by atoms with E-state index in [0.29, 0.717) is 17.0 Å². The van der Waals surface area contributed by atoms with E-state index in [0.717, 1.165) is 0 Å². The largest absolute Gasteiger partial charge is 0.479 e. The Hall–Kier alpha value is -1.89. The lowest BCUT2D eigenvalue weighted by Crippen LogP contribution is -2.38. The van der Waals surface area contributed by atoms with Gasteiger partial charge in [-0.1, -0.05) is 5.16 Å². The number of hydrogen-bond donors (Lipinski definition) is 2. The predicted octanol–water partition coefficient (Wildman–Crippen LogP) is 0.121. The van der Waals surface area contributed by atoms with Crippen LogP contribution < -0.4 is 5.32 Å². The van der Waals surface area contributed by atoms with Gasteiger partial charge < -0.3 is 19.7 Å². The van der Waals surface area contributed by atoms with Crippen molar-refractivity contribution in [1.29, 1.82) is 0 Å². The average molecular weight is 242 g/mol. The molecule has 0 aromatic carbocycles. The van der Waals surface area contributed by atoms with Crippen LogP contribution in [-0.2, 0) is 9.53 Å². The van der Waals surface area contributed by atoms with Crippen molar-refractivity contribution in [3.63, 3.8) is 0 Å². The maximum Gasteiger partial charge on any atom is 0.334 e. The number of amides is 1. The molecular formula is C10H14N2O5. The van der Waals surface area contributed by atoms with Crippen LogP contribution in [0.4, 0.5) is 0 Å². The Labute approximate surface area is 97.7 Å². The van der Waals surface area contributed by atoms with Gasteiger partial charge in [-0.05, 0) is 13.8 Å². The molecule has 0 aliphatic rings. The van der Waals surface area contributed by atoms with E-state index < -0.39 is 18.0 Å². The normalized spacial score (nSPS) is 12.2. The number of methoxy groups -OCH3 is 1. The third kappa shape index (κ3) is 3.04. The lowest BCUT2D eigenvalue weighted by atomic mass is 10.2. The SMILES string of the molecule is COC(CNC(=O)c1c(C)noc1C)C(=O)O. The average Bonchev–Trinajstić information content (AvgIpc) is 2.58. The minimum atomic E-state index is -1.13. The third-order valence-electron chi connectivity index (χ3n) is 2.27. The summed E-state index contributed by atoms with van der Waals surface area (Å²) in [7, 11) is 1.26. The number of carbonyl (C=O) groups is 2. The first-order chi connectivity index (χ1) is 7.97. The molecule has 17 heavy (non-hydrogen) atoms. The number of hydrogen-bond acceptors (Lipinski definition) is 5. The van der Waals surface area contributed by atoms with E-state index in [2.05, 4.69) is 15.2 Å². The van der Waals surface area contributed by atoms with Gasteiger partial charge in [-0.25, -0.2) is 4.79 Å². The van der Waals surface area contributed by atoms with E-state index in [1.165, 1.54) is 7.11 Å². The van der Waals surface area contributed by atoms with Gasteiger partial charge in [0.15, 0.2) is 6.10 Å². The summed E-state index contributed by atoms with van der Waals surface area (Å²) in [6.07, 6.45) is -1.07. The molecule has 1 rings (SSSR count). The van der Waals surface area contributed by atoms with Crippen LogP contribution in [0.1, 0.15) is 21.8 Å². The Morgan fingerprint density at radius 2 is 2.18 bits per heavy atom. The van der Waals surface area contributed by atoms with Gasteiger partial charge in [0.1, 0.15) is 11.3 Å². The molecule has 0 aliphatic carbocycles. The number of carboxylic acid groups (broad SMARTS) is 1. The van der Waals surface area contributed by atoms with E-state index in [1.807, 2.05) is 0 Å². The van der Waals surface area contributed by atoms with Gasteiger partial charge in [0, 0.05) is 7.11 Å². The smallest absolute Gasteiger partial charge is 0.334 e. The van der Waals surface area contributed by atoms with Gasteiger partial charge in [-0.2, -0.15) is 0 Å². The molecule has 0 aliphatic heterocycles. The summed E-state index contributed by atoms with van der Waals surface area (Å²) in [5.41, 5.74) is 0.787. The fraction of sp³-hybridized carbons (Fsp3) is 0.500. The highest BCUT2D eigenvalue weighted by molar-refractivity contribution is 5.96. The lowest BCUT2D eigenvalue weighted by Gasteiger charge is -2.11. The number of nitrogens with one attached hydrogen (secondary N) is 1. The Balaban J connectivity index is 2.65. The second-order valence-corrected chi connectivity index (χ2v) is 3.47. The fourth-order valence-corrected chi connectivity index (χ4v) is 1.35. The van der Waals surface area contributed by atoms with E-state index in [9.17, 15) is 9.59 Å². The zero-order valence-electron chi connectivity index (χ0n) is 9.81. The van der Waals surface area contributed by atoms with E-state index in [1.54, 1.807) is 13.8 Å². The molecule has 7 heteroatoms. The zero-order valence-corrected chi connectivity index (χ0v) is 9.81. The number of carboxylic acids is 1. The monoisotopic (exact) mass is 242 g/mol. The van der Waals surface area contributed by atoms with Crippen molar-refractivity contribution in [2.75, 3.05) is 13.7 Å². The standard InChI is InChI=1S/C10H14N2O5/c1-5-8(6(2)17-12-5)9(13)11-4-7(16-3)10(14)15/h7H,4H2,1-3H3,(H,11,13)(H,14,15). The minimum Gasteiger partial charge on any atom is -0.479 e. The van der Waals surface area contributed by atoms with E-state index in [4.69, 9.17) is 9.63 Å². The van der Waals surface area contributed by atoms with Gasteiger partial charge in [-0.15, -0.1) is 0 Å². The third-order valence-corrected chi connectivity index (χ3v) is 2.27. The molecule has 0 fully saturated rings. The number of aryl methyl sites for hydroxylation is 2. The fourth-order valence-electron chi connectivity index (χ4n) is 1.35. The first-order valence-corrected chi connectivity index (χ1v) is 4.94.